The molecule has 0 unspecified atom stereocenters. The average Bonchev–Trinajstić information content (AvgIpc) is 2.47. The summed E-state index contributed by atoms with van der Waals surface area (Å²) in [5, 5.41) is 6.64. The number of unbranched alkanes of at least 4 members (excludes halogenated alkanes) is 3. The van der Waals surface area contributed by atoms with Crippen LogP contribution in [0.2, 0.25) is 0 Å². The van der Waals surface area contributed by atoms with E-state index >= 15 is 0 Å². The van der Waals surface area contributed by atoms with E-state index in [1.54, 1.807) is 7.05 Å². The van der Waals surface area contributed by atoms with Gasteiger partial charge in [-0.1, -0.05) is 26.7 Å². The molecule has 0 rings (SSSR count). The number of methoxy groups -OCH3 is 1. The van der Waals surface area contributed by atoms with Crippen LogP contribution < -0.4 is 10.6 Å². The monoisotopic (exact) mass is 427 g/mol. The molecule has 0 atom stereocenters. The number of carbonyl (C=O) groups is 1. The van der Waals surface area contributed by atoms with Gasteiger partial charge in [-0.15, -0.1) is 24.0 Å². The van der Waals surface area contributed by atoms with E-state index < -0.39 is 0 Å². The third-order valence-electron chi connectivity index (χ3n) is 3.30. The van der Waals surface area contributed by atoms with E-state index in [2.05, 4.69) is 34.2 Å². The van der Waals surface area contributed by atoms with Crippen LogP contribution in [0.1, 0.15) is 58.8 Å². The molecule has 0 bridgehead atoms. The van der Waals surface area contributed by atoms with E-state index in [0.29, 0.717) is 6.42 Å². The maximum atomic E-state index is 10.9. The summed E-state index contributed by atoms with van der Waals surface area (Å²) in [4.78, 5) is 15.1. The second-order valence-corrected chi connectivity index (χ2v) is 5.70. The van der Waals surface area contributed by atoms with Crippen LogP contribution in [0.5, 0.6) is 0 Å². The summed E-state index contributed by atoms with van der Waals surface area (Å²) in [6.45, 7) is 6.37. The first-order chi connectivity index (χ1) is 10.1. The van der Waals surface area contributed by atoms with Crippen molar-refractivity contribution in [2.45, 2.75) is 58.8 Å². The molecule has 0 aromatic heterocycles. The Balaban J connectivity index is 0. The van der Waals surface area contributed by atoms with Crippen molar-refractivity contribution in [2.24, 2.45) is 10.9 Å². The molecule has 0 aromatic carbocycles. The second-order valence-electron chi connectivity index (χ2n) is 5.70. The van der Waals surface area contributed by atoms with Gasteiger partial charge in [0.25, 0.3) is 0 Å². The molecule has 5 nitrogen and oxygen atoms in total. The normalized spacial score (nSPS) is 11.0. The summed E-state index contributed by atoms with van der Waals surface area (Å²) in [7, 11) is 3.24. The van der Waals surface area contributed by atoms with Gasteiger partial charge in [0.05, 0.1) is 7.11 Å². The Bertz CT molecular complexity index is 297. The molecule has 0 saturated heterocycles. The highest BCUT2D eigenvalue weighted by atomic mass is 127. The molecule has 0 aromatic rings. The number of esters is 1. The van der Waals surface area contributed by atoms with Crippen molar-refractivity contribution >= 4 is 35.9 Å². The molecular weight excluding hydrogens is 393 g/mol. The molecule has 6 heteroatoms. The Hall–Kier alpha value is -0.530. The van der Waals surface area contributed by atoms with Crippen molar-refractivity contribution < 1.29 is 9.53 Å². The first-order valence-electron chi connectivity index (χ1n) is 8.11. The minimum atomic E-state index is -0.112. The third-order valence-corrected chi connectivity index (χ3v) is 3.30. The Morgan fingerprint density at radius 3 is 2.18 bits per heavy atom. The van der Waals surface area contributed by atoms with Gasteiger partial charge >= 0.3 is 5.97 Å². The Morgan fingerprint density at radius 1 is 1.05 bits per heavy atom. The molecule has 0 aliphatic rings. The molecule has 0 spiro atoms. The minimum absolute atomic E-state index is 0. The number of carbonyl (C=O) groups excluding carboxylic acids is 1. The lowest BCUT2D eigenvalue weighted by Crippen LogP contribution is -2.38. The highest BCUT2D eigenvalue weighted by Gasteiger charge is 2.00. The van der Waals surface area contributed by atoms with Gasteiger partial charge < -0.3 is 15.4 Å². The number of hydrogen-bond acceptors (Lipinski definition) is 3. The van der Waals surface area contributed by atoms with Gasteiger partial charge in [-0.05, 0) is 31.6 Å². The van der Waals surface area contributed by atoms with Gasteiger partial charge in [-0.2, -0.15) is 0 Å². The highest BCUT2D eigenvalue weighted by molar-refractivity contribution is 14.0. The molecule has 0 aliphatic heterocycles. The van der Waals surface area contributed by atoms with Crippen molar-refractivity contribution in [1.82, 2.24) is 10.6 Å². The molecular formula is C16H34IN3O2. The number of ether oxygens (including phenoxy) is 1. The molecule has 0 fully saturated rings. The molecule has 0 saturated carbocycles. The molecule has 2 N–H and O–H groups in total. The summed E-state index contributed by atoms with van der Waals surface area (Å²) in [6, 6.07) is 0. The summed E-state index contributed by atoms with van der Waals surface area (Å²) in [5.74, 6) is 1.53. The predicted octanol–water partition coefficient (Wildman–Crippen LogP) is 3.33. The lowest BCUT2D eigenvalue weighted by molar-refractivity contribution is -0.140. The first kappa shape index (κ1) is 23.7. The minimum Gasteiger partial charge on any atom is -0.469 e. The third kappa shape index (κ3) is 15.9. The number of nitrogens with zero attached hydrogens (tertiary/aromatic N) is 1. The van der Waals surface area contributed by atoms with E-state index in [1.807, 2.05) is 0 Å². The fraction of sp³-hybridized carbons (Fsp3) is 0.875. The summed E-state index contributed by atoms with van der Waals surface area (Å²) in [5.41, 5.74) is 0. The zero-order chi connectivity index (χ0) is 15.9. The molecule has 0 amide bonds. The van der Waals surface area contributed by atoms with Crippen LogP contribution in [0.15, 0.2) is 4.99 Å². The Morgan fingerprint density at radius 2 is 1.64 bits per heavy atom. The van der Waals surface area contributed by atoms with Gasteiger partial charge in [0.2, 0.25) is 0 Å². The average molecular weight is 427 g/mol. The van der Waals surface area contributed by atoms with Crippen LogP contribution in [0.4, 0.5) is 0 Å². The fourth-order valence-electron chi connectivity index (χ4n) is 1.99. The largest absolute Gasteiger partial charge is 0.469 e. The van der Waals surface area contributed by atoms with Crippen LogP contribution in [0.3, 0.4) is 0 Å². The van der Waals surface area contributed by atoms with Gasteiger partial charge in [-0.3, -0.25) is 9.79 Å². The Kier molecular flexibility index (Phi) is 18.2. The van der Waals surface area contributed by atoms with Gasteiger partial charge in [0.15, 0.2) is 5.96 Å². The number of guanidine groups is 1. The topological polar surface area (TPSA) is 62.7 Å². The van der Waals surface area contributed by atoms with Gasteiger partial charge in [0.1, 0.15) is 0 Å². The number of aliphatic imine (C=N–C) groups is 1. The van der Waals surface area contributed by atoms with Crippen LogP contribution >= 0.6 is 24.0 Å². The second kappa shape index (κ2) is 16.8. The SMILES string of the molecule is CN=C(NCCCCCCC(=O)OC)NCCCC(C)C.I. The smallest absolute Gasteiger partial charge is 0.305 e. The fourth-order valence-corrected chi connectivity index (χ4v) is 1.99. The van der Waals surface area contributed by atoms with Crippen LogP contribution in [0.25, 0.3) is 0 Å². The molecule has 132 valence electrons. The number of hydrogen-bond donors (Lipinski definition) is 2. The summed E-state index contributed by atoms with van der Waals surface area (Å²) >= 11 is 0. The zero-order valence-corrected chi connectivity index (χ0v) is 16.9. The van der Waals surface area contributed by atoms with E-state index in [0.717, 1.165) is 50.7 Å². The molecule has 0 aliphatic carbocycles. The standard InChI is InChI=1S/C16H33N3O2.HI/c1-14(2)10-9-13-19-16(17-3)18-12-8-6-5-7-11-15(20)21-4;/h14H,5-13H2,1-4H3,(H2,17,18,19);1H. The lowest BCUT2D eigenvalue weighted by atomic mass is 10.1. The summed E-state index contributed by atoms with van der Waals surface area (Å²) < 4.78 is 4.61. The maximum Gasteiger partial charge on any atom is 0.305 e. The number of halogens is 1. The van der Waals surface area contributed by atoms with Crippen LogP contribution in [0, 0.1) is 5.92 Å². The van der Waals surface area contributed by atoms with Crippen LogP contribution in [-0.2, 0) is 9.53 Å². The number of rotatable bonds is 11. The van der Waals surface area contributed by atoms with E-state index in [9.17, 15) is 4.79 Å². The molecule has 0 radical (unpaired) electrons. The van der Waals surface area contributed by atoms with Crippen molar-refractivity contribution in [1.29, 1.82) is 0 Å². The predicted molar refractivity (Wildman–Crippen MR) is 104 cm³/mol. The van der Waals surface area contributed by atoms with Crippen molar-refractivity contribution in [3.05, 3.63) is 0 Å². The van der Waals surface area contributed by atoms with Crippen LogP contribution in [-0.4, -0.2) is 39.2 Å². The summed E-state index contributed by atoms with van der Waals surface area (Å²) in [6.07, 6.45) is 7.13. The Labute approximate surface area is 153 Å². The van der Waals surface area contributed by atoms with Crippen molar-refractivity contribution in [3.63, 3.8) is 0 Å². The van der Waals surface area contributed by atoms with Gasteiger partial charge in [-0.25, -0.2) is 0 Å². The lowest BCUT2D eigenvalue weighted by Gasteiger charge is -2.12. The highest BCUT2D eigenvalue weighted by Crippen LogP contribution is 2.03. The van der Waals surface area contributed by atoms with E-state index in [-0.39, 0.29) is 29.9 Å². The van der Waals surface area contributed by atoms with Crippen molar-refractivity contribution in [2.75, 3.05) is 27.2 Å². The van der Waals surface area contributed by atoms with Crippen molar-refractivity contribution in [3.8, 4) is 0 Å². The zero-order valence-electron chi connectivity index (χ0n) is 14.6. The van der Waals surface area contributed by atoms with E-state index in [4.69, 9.17) is 0 Å². The quantitative estimate of drug-likeness (QED) is 0.175. The maximum absolute atomic E-state index is 10.9. The molecule has 0 heterocycles. The number of nitrogens with one attached hydrogen (secondary N) is 2. The van der Waals surface area contributed by atoms with Gasteiger partial charge in [0, 0.05) is 26.6 Å². The van der Waals surface area contributed by atoms with E-state index in [1.165, 1.54) is 20.0 Å². The first-order valence-corrected chi connectivity index (χ1v) is 8.11. The molecule has 22 heavy (non-hydrogen) atoms.